The fourth-order valence-corrected chi connectivity index (χ4v) is 1.62. The van der Waals surface area contributed by atoms with Crippen LogP contribution in [-0.4, -0.2) is 11.7 Å². The Kier molecular flexibility index (Phi) is 5.68. The molecule has 0 aliphatic carbocycles. The van der Waals surface area contributed by atoms with Gasteiger partial charge in [-0.15, -0.1) is 22.6 Å². The molecule has 0 aliphatic heterocycles. The van der Waals surface area contributed by atoms with E-state index in [2.05, 4.69) is 10.2 Å². The fraction of sp³-hybridized carbons (Fsp3) is 0. The summed E-state index contributed by atoms with van der Waals surface area (Å²) >= 11 is 0. The summed E-state index contributed by atoms with van der Waals surface area (Å²) in [5, 5.41) is 7.55. The molecule has 4 nitrogen and oxygen atoms in total. The molecule has 0 aliphatic rings. The van der Waals surface area contributed by atoms with E-state index < -0.39 is 0 Å². The van der Waals surface area contributed by atoms with Gasteiger partial charge < -0.3 is 11.5 Å². The van der Waals surface area contributed by atoms with Crippen molar-refractivity contribution >= 4 is 24.1 Å². The van der Waals surface area contributed by atoms with E-state index in [0.29, 0.717) is 11.3 Å². The van der Waals surface area contributed by atoms with E-state index in [4.69, 9.17) is 11.5 Å². The van der Waals surface area contributed by atoms with Crippen LogP contribution in [-0.2, 0) is 0 Å². The maximum absolute atomic E-state index is 13.9. The SMILES string of the molecule is Cl.NC(N)=N/N=C(/c1ccccc1)c1ccccc1F. The number of hydrogen-bond acceptors (Lipinski definition) is 2. The van der Waals surface area contributed by atoms with E-state index in [9.17, 15) is 4.39 Å². The largest absolute Gasteiger partial charge is 0.369 e. The van der Waals surface area contributed by atoms with Crippen molar-refractivity contribution in [2.24, 2.45) is 21.7 Å². The molecule has 0 unspecified atom stereocenters. The molecular weight excluding hydrogens is 279 g/mol. The minimum Gasteiger partial charge on any atom is -0.369 e. The van der Waals surface area contributed by atoms with Gasteiger partial charge in [0, 0.05) is 11.1 Å². The summed E-state index contributed by atoms with van der Waals surface area (Å²) in [7, 11) is 0. The lowest BCUT2D eigenvalue weighted by atomic mass is 10.0. The van der Waals surface area contributed by atoms with Crippen molar-refractivity contribution in [2.75, 3.05) is 0 Å². The molecule has 0 radical (unpaired) electrons. The number of benzene rings is 2. The first kappa shape index (κ1) is 15.7. The molecule has 2 aromatic rings. The Morgan fingerprint density at radius 1 is 0.850 bits per heavy atom. The second-order valence-electron chi connectivity index (χ2n) is 3.82. The number of nitrogens with zero attached hydrogens (tertiary/aromatic N) is 2. The maximum Gasteiger partial charge on any atom is 0.211 e. The topological polar surface area (TPSA) is 76.8 Å². The molecule has 20 heavy (non-hydrogen) atoms. The van der Waals surface area contributed by atoms with Crippen molar-refractivity contribution in [1.82, 2.24) is 0 Å². The molecule has 0 bridgehead atoms. The molecule has 2 aromatic carbocycles. The molecule has 4 N–H and O–H groups in total. The zero-order valence-electron chi connectivity index (χ0n) is 10.5. The maximum atomic E-state index is 13.9. The average molecular weight is 293 g/mol. The van der Waals surface area contributed by atoms with Crippen molar-refractivity contribution in [3.05, 3.63) is 71.5 Å². The van der Waals surface area contributed by atoms with Gasteiger partial charge in [0.2, 0.25) is 5.96 Å². The molecule has 0 aromatic heterocycles. The molecule has 0 amide bonds. The summed E-state index contributed by atoms with van der Waals surface area (Å²) in [6, 6.07) is 15.5. The van der Waals surface area contributed by atoms with E-state index in [1.807, 2.05) is 30.3 Å². The van der Waals surface area contributed by atoms with Crippen LogP contribution in [0.5, 0.6) is 0 Å². The van der Waals surface area contributed by atoms with Crippen molar-refractivity contribution in [3.63, 3.8) is 0 Å². The van der Waals surface area contributed by atoms with Crippen LogP contribution in [0.25, 0.3) is 0 Å². The summed E-state index contributed by atoms with van der Waals surface area (Å²) in [5.74, 6) is -0.555. The van der Waals surface area contributed by atoms with Gasteiger partial charge in [-0.05, 0) is 12.1 Å². The highest BCUT2D eigenvalue weighted by molar-refractivity contribution is 6.13. The van der Waals surface area contributed by atoms with Crippen LogP contribution in [0.1, 0.15) is 11.1 Å². The summed E-state index contributed by atoms with van der Waals surface area (Å²) in [6.07, 6.45) is 0. The molecule has 0 heterocycles. The quantitative estimate of drug-likeness (QED) is 0.517. The second-order valence-corrected chi connectivity index (χ2v) is 3.82. The lowest BCUT2D eigenvalue weighted by Gasteiger charge is -2.06. The summed E-state index contributed by atoms with van der Waals surface area (Å²) in [4.78, 5) is 0. The zero-order chi connectivity index (χ0) is 13.7. The number of halogens is 2. The van der Waals surface area contributed by atoms with Crippen LogP contribution in [0.3, 0.4) is 0 Å². The van der Waals surface area contributed by atoms with Crippen molar-refractivity contribution in [2.45, 2.75) is 0 Å². The summed E-state index contributed by atoms with van der Waals surface area (Å²) in [5.41, 5.74) is 12.0. The molecule has 6 heteroatoms. The number of rotatable bonds is 3. The van der Waals surface area contributed by atoms with E-state index >= 15 is 0 Å². The van der Waals surface area contributed by atoms with Gasteiger partial charge in [-0.1, -0.05) is 42.5 Å². The van der Waals surface area contributed by atoms with Crippen LogP contribution < -0.4 is 11.5 Å². The number of hydrogen-bond donors (Lipinski definition) is 2. The third-order valence-corrected chi connectivity index (χ3v) is 2.44. The van der Waals surface area contributed by atoms with Crippen molar-refractivity contribution < 1.29 is 4.39 Å². The first-order chi connectivity index (χ1) is 9.18. The first-order valence-corrected chi connectivity index (χ1v) is 5.65. The monoisotopic (exact) mass is 292 g/mol. The third kappa shape index (κ3) is 3.80. The van der Waals surface area contributed by atoms with Crippen LogP contribution in [0.15, 0.2) is 64.8 Å². The molecule has 0 saturated heterocycles. The lowest BCUT2D eigenvalue weighted by Crippen LogP contribution is -2.22. The van der Waals surface area contributed by atoms with Gasteiger partial charge in [-0.25, -0.2) is 4.39 Å². The Balaban J connectivity index is 0.00000200. The number of nitrogens with two attached hydrogens (primary N) is 2. The Labute approximate surface area is 122 Å². The van der Waals surface area contributed by atoms with Crippen LogP contribution in [0, 0.1) is 5.82 Å². The van der Waals surface area contributed by atoms with E-state index in [1.54, 1.807) is 18.2 Å². The smallest absolute Gasteiger partial charge is 0.211 e. The standard InChI is InChI=1S/C14H13FN4.ClH/c15-12-9-5-4-8-11(12)13(18-19-14(16)17)10-6-2-1-3-7-10;/h1-9H,(H4,16,17,19);1H/b18-13-;. The van der Waals surface area contributed by atoms with Crippen molar-refractivity contribution in [1.29, 1.82) is 0 Å². The minimum absolute atomic E-state index is 0. The Morgan fingerprint density at radius 3 is 2.05 bits per heavy atom. The predicted octanol–water partition coefficient (Wildman–Crippen LogP) is 2.27. The van der Waals surface area contributed by atoms with Gasteiger partial charge in [0.1, 0.15) is 11.5 Å². The average Bonchev–Trinajstić information content (AvgIpc) is 2.42. The van der Waals surface area contributed by atoms with E-state index in [-0.39, 0.29) is 24.2 Å². The Hall–Kier alpha value is -2.40. The zero-order valence-corrected chi connectivity index (χ0v) is 11.3. The van der Waals surface area contributed by atoms with Crippen LogP contribution in [0.4, 0.5) is 4.39 Å². The van der Waals surface area contributed by atoms with Gasteiger partial charge in [-0.2, -0.15) is 0 Å². The van der Waals surface area contributed by atoms with Crippen LogP contribution >= 0.6 is 12.4 Å². The number of guanidine groups is 1. The molecule has 2 rings (SSSR count). The Bertz CT molecular complexity index is 622. The highest BCUT2D eigenvalue weighted by Crippen LogP contribution is 2.14. The highest BCUT2D eigenvalue weighted by atomic mass is 35.5. The molecule has 104 valence electrons. The van der Waals surface area contributed by atoms with Gasteiger partial charge in [0.15, 0.2) is 0 Å². The molecule has 0 fully saturated rings. The van der Waals surface area contributed by atoms with E-state index in [1.165, 1.54) is 6.07 Å². The van der Waals surface area contributed by atoms with Crippen LogP contribution in [0.2, 0.25) is 0 Å². The predicted molar refractivity (Wildman–Crippen MR) is 81.5 cm³/mol. The third-order valence-electron chi connectivity index (χ3n) is 2.44. The minimum atomic E-state index is -0.379. The van der Waals surface area contributed by atoms with Crippen molar-refractivity contribution in [3.8, 4) is 0 Å². The molecule has 0 atom stereocenters. The van der Waals surface area contributed by atoms with Gasteiger partial charge in [0.25, 0.3) is 0 Å². The summed E-state index contributed by atoms with van der Waals surface area (Å²) < 4.78 is 13.9. The lowest BCUT2D eigenvalue weighted by molar-refractivity contribution is 0.625. The van der Waals surface area contributed by atoms with Gasteiger partial charge in [0.05, 0.1) is 0 Å². The second kappa shape index (κ2) is 7.25. The van der Waals surface area contributed by atoms with Gasteiger partial charge >= 0.3 is 0 Å². The molecular formula is C14H14ClFN4. The van der Waals surface area contributed by atoms with E-state index in [0.717, 1.165) is 5.56 Å². The Morgan fingerprint density at radius 2 is 1.45 bits per heavy atom. The first-order valence-electron chi connectivity index (χ1n) is 5.65. The highest BCUT2D eigenvalue weighted by Gasteiger charge is 2.11. The molecule has 0 spiro atoms. The summed E-state index contributed by atoms with van der Waals surface area (Å²) in [6.45, 7) is 0. The molecule has 0 saturated carbocycles. The van der Waals surface area contributed by atoms with Gasteiger partial charge in [-0.3, -0.25) is 0 Å². The normalized spacial score (nSPS) is 10.6. The fourth-order valence-electron chi connectivity index (χ4n) is 1.62.